The molecule has 0 saturated heterocycles. The van der Waals surface area contributed by atoms with Crippen LogP contribution in [-0.2, 0) is 20.7 Å². The highest BCUT2D eigenvalue weighted by Gasteiger charge is 2.27. The number of benzene rings is 2. The standard InChI is InChI=1S/C22H25BrFNO3/c1-13-10-18(23)11-14(2)20(13)25-21(26)15(3)9-17(22(27)28-4)12-16-7-5-6-8-19(16)24/h5-8,10-11,15,17H,9,12H2,1-4H3,(H,25,26)/t15-,17-/m1/s1. The summed E-state index contributed by atoms with van der Waals surface area (Å²) in [4.78, 5) is 24.9. The Balaban J connectivity index is 2.12. The van der Waals surface area contributed by atoms with Gasteiger partial charge in [0.2, 0.25) is 5.91 Å². The highest BCUT2D eigenvalue weighted by atomic mass is 79.9. The van der Waals surface area contributed by atoms with Gasteiger partial charge in [-0.2, -0.15) is 0 Å². The number of halogens is 2. The molecule has 0 aromatic heterocycles. The Morgan fingerprint density at radius 3 is 2.36 bits per heavy atom. The van der Waals surface area contributed by atoms with E-state index >= 15 is 0 Å². The predicted molar refractivity (Wildman–Crippen MR) is 112 cm³/mol. The van der Waals surface area contributed by atoms with Gasteiger partial charge in [0.25, 0.3) is 0 Å². The summed E-state index contributed by atoms with van der Waals surface area (Å²) in [5, 5.41) is 2.96. The Morgan fingerprint density at radius 1 is 1.18 bits per heavy atom. The smallest absolute Gasteiger partial charge is 0.309 e. The quantitative estimate of drug-likeness (QED) is 0.590. The summed E-state index contributed by atoms with van der Waals surface area (Å²) in [5.41, 5.74) is 3.10. The number of methoxy groups -OCH3 is 1. The van der Waals surface area contributed by atoms with Crippen molar-refractivity contribution in [1.82, 2.24) is 0 Å². The molecule has 1 amide bonds. The van der Waals surface area contributed by atoms with E-state index in [0.717, 1.165) is 21.3 Å². The molecule has 0 aliphatic rings. The Morgan fingerprint density at radius 2 is 1.79 bits per heavy atom. The molecule has 0 radical (unpaired) electrons. The Kier molecular flexibility index (Phi) is 7.75. The van der Waals surface area contributed by atoms with Gasteiger partial charge in [-0.25, -0.2) is 4.39 Å². The summed E-state index contributed by atoms with van der Waals surface area (Å²) in [6.45, 7) is 5.61. The number of anilines is 1. The van der Waals surface area contributed by atoms with Crippen molar-refractivity contribution in [3.8, 4) is 0 Å². The Bertz CT molecular complexity index is 846. The van der Waals surface area contributed by atoms with Crippen molar-refractivity contribution in [3.05, 3.63) is 63.4 Å². The van der Waals surface area contributed by atoms with E-state index in [0.29, 0.717) is 5.56 Å². The molecule has 4 nitrogen and oxygen atoms in total. The molecule has 0 spiro atoms. The van der Waals surface area contributed by atoms with Gasteiger partial charge >= 0.3 is 5.97 Å². The molecule has 2 aromatic rings. The predicted octanol–water partition coefficient (Wildman–Crippen LogP) is 5.20. The zero-order valence-corrected chi connectivity index (χ0v) is 18.1. The molecular weight excluding hydrogens is 425 g/mol. The van der Waals surface area contributed by atoms with Crippen LogP contribution in [0.4, 0.5) is 10.1 Å². The van der Waals surface area contributed by atoms with E-state index in [-0.39, 0.29) is 24.6 Å². The van der Waals surface area contributed by atoms with Crippen molar-refractivity contribution in [2.24, 2.45) is 11.8 Å². The molecule has 0 aliphatic heterocycles. The number of esters is 1. The summed E-state index contributed by atoms with van der Waals surface area (Å²) in [7, 11) is 1.30. The van der Waals surface area contributed by atoms with Crippen molar-refractivity contribution in [2.75, 3.05) is 12.4 Å². The molecule has 0 aliphatic carbocycles. The first-order chi connectivity index (χ1) is 13.2. The van der Waals surface area contributed by atoms with Gasteiger partial charge < -0.3 is 10.1 Å². The van der Waals surface area contributed by atoms with Gasteiger partial charge in [0.1, 0.15) is 5.82 Å². The lowest BCUT2D eigenvalue weighted by molar-refractivity contribution is -0.146. The zero-order chi connectivity index (χ0) is 20.8. The highest BCUT2D eigenvalue weighted by Crippen LogP contribution is 2.27. The lowest BCUT2D eigenvalue weighted by Gasteiger charge is -2.20. The van der Waals surface area contributed by atoms with Crippen molar-refractivity contribution in [1.29, 1.82) is 0 Å². The molecule has 1 N–H and O–H groups in total. The summed E-state index contributed by atoms with van der Waals surface area (Å²) in [6, 6.07) is 10.2. The fraction of sp³-hybridized carbons (Fsp3) is 0.364. The van der Waals surface area contributed by atoms with Crippen molar-refractivity contribution < 1.29 is 18.7 Å². The van der Waals surface area contributed by atoms with E-state index in [9.17, 15) is 14.0 Å². The van der Waals surface area contributed by atoms with Gasteiger partial charge in [0, 0.05) is 16.1 Å². The Hall–Kier alpha value is -2.21. The van der Waals surface area contributed by atoms with Crippen LogP contribution in [-0.4, -0.2) is 19.0 Å². The van der Waals surface area contributed by atoms with Crippen LogP contribution in [0.3, 0.4) is 0 Å². The van der Waals surface area contributed by atoms with Crippen LogP contribution in [0.5, 0.6) is 0 Å². The summed E-state index contributed by atoms with van der Waals surface area (Å²) in [5.74, 6) is -2.04. The number of carbonyl (C=O) groups excluding carboxylic acids is 2. The number of hydrogen-bond donors (Lipinski definition) is 1. The molecule has 0 saturated carbocycles. The molecule has 28 heavy (non-hydrogen) atoms. The zero-order valence-electron chi connectivity index (χ0n) is 16.5. The average molecular weight is 450 g/mol. The minimum absolute atomic E-state index is 0.184. The number of hydrogen-bond acceptors (Lipinski definition) is 3. The lowest BCUT2D eigenvalue weighted by atomic mass is 9.89. The van der Waals surface area contributed by atoms with Crippen LogP contribution in [0.25, 0.3) is 0 Å². The molecule has 0 heterocycles. The number of ether oxygens (including phenoxy) is 1. The van der Waals surface area contributed by atoms with Gasteiger partial charge in [-0.1, -0.05) is 41.1 Å². The summed E-state index contributed by atoms with van der Waals surface area (Å²) >= 11 is 3.44. The third kappa shape index (κ3) is 5.64. The molecule has 0 unspecified atom stereocenters. The van der Waals surface area contributed by atoms with Gasteiger partial charge in [0.05, 0.1) is 13.0 Å². The first-order valence-corrected chi connectivity index (χ1v) is 9.91. The normalized spacial score (nSPS) is 12.9. The van der Waals surface area contributed by atoms with Crippen molar-refractivity contribution in [3.63, 3.8) is 0 Å². The van der Waals surface area contributed by atoms with Gasteiger partial charge in [-0.3, -0.25) is 9.59 Å². The number of nitrogens with one attached hydrogen (secondary N) is 1. The first kappa shape index (κ1) is 22.1. The molecule has 2 rings (SSSR count). The highest BCUT2D eigenvalue weighted by molar-refractivity contribution is 9.10. The monoisotopic (exact) mass is 449 g/mol. The molecule has 2 atom stereocenters. The molecule has 150 valence electrons. The van der Waals surface area contributed by atoms with E-state index in [2.05, 4.69) is 21.2 Å². The van der Waals surface area contributed by atoms with Crippen molar-refractivity contribution in [2.45, 2.75) is 33.6 Å². The maximum Gasteiger partial charge on any atom is 0.309 e. The topological polar surface area (TPSA) is 55.4 Å². The number of aryl methyl sites for hydroxylation is 2. The molecular formula is C22H25BrFNO3. The molecule has 0 bridgehead atoms. The molecule has 2 aromatic carbocycles. The van der Waals surface area contributed by atoms with Crippen LogP contribution >= 0.6 is 15.9 Å². The SMILES string of the molecule is COC(=O)[C@@H](Cc1ccccc1F)C[C@@H](C)C(=O)Nc1c(C)cc(Br)cc1C. The van der Waals surface area contributed by atoms with Gasteiger partial charge in [-0.05, 0) is 61.6 Å². The summed E-state index contributed by atoms with van der Waals surface area (Å²) < 4.78 is 19.8. The molecule has 0 fully saturated rings. The van der Waals surface area contributed by atoms with Crippen LogP contribution in [0.15, 0.2) is 40.9 Å². The third-order valence-corrected chi connectivity index (χ3v) is 5.25. The maximum atomic E-state index is 14.0. The van der Waals surface area contributed by atoms with E-state index in [1.165, 1.54) is 13.2 Å². The Labute approximate surface area is 173 Å². The lowest BCUT2D eigenvalue weighted by Crippen LogP contribution is -2.28. The fourth-order valence-corrected chi connectivity index (χ4v) is 3.93. The van der Waals surface area contributed by atoms with Crippen LogP contribution in [0.2, 0.25) is 0 Å². The second-order valence-electron chi connectivity index (χ2n) is 7.06. The molecule has 6 heteroatoms. The van der Waals surface area contributed by atoms with Crippen LogP contribution in [0, 0.1) is 31.5 Å². The number of rotatable bonds is 7. The number of carbonyl (C=O) groups is 2. The van der Waals surface area contributed by atoms with Crippen molar-refractivity contribution >= 4 is 33.5 Å². The fourth-order valence-electron chi connectivity index (χ4n) is 3.25. The van der Waals surface area contributed by atoms with E-state index in [1.54, 1.807) is 25.1 Å². The largest absolute Gasteiger partial charge is 0.469 e. The van der Waals surface area contributed by atoms with E-state index in [1.807, 2.05) is 26.0 Å². The minimum atomic E-state index is -0.602. The minimum Gasteiger partial charge on any atom is -0.469 e. The van der Waals surface area contributed by atoms with Gasteiger partial charge in [0.15, 0.2) is 0 Å². The maximum absolute atomic E-state index is 14.0. The van der Waals surface area contributed by atoms with Crippen LogP contribution < -0.4 is 5.32 Å². The number of amides is 1. The first-order valence-electron chi connectivity index (χ1n) is 9.11. The summed E-state index contributed by atoms with van der Waals surface area (Å²) in [6.07, 6.45) is 0.453. The van der Waals surface area contributed by atoms with Gasteiger partial charge in [-0.15, -0.1) is 0 Å². The van der Waals surface area contributed by atoms with E-state index in [4.69, 9.17) is 4.74 Å². The second-order valence-corrected chi connectivity index (χ2v) is 7.97. The van der Waals surface area contributed by atoms with Crippen LogP contribution in [0.1, 0.15) is 30.0 Å². The average Bonchev–Trinajstić information content (AvgIpc) is 2.64. The van der Waals surface area contributed by atoms with E-state index < -0.39 is 17.8 Å². The third-order valence-electron chi connectivity index (χ3n) is 4.79. The second kappa shape index (κ2) is 9.82.